The third kappa shape index (κ3) is 7.52. The number of benzene rings is 2. The third-order valence-electron chi connectivity index (χ3n) is 3.62. The minimum absolute atomic E-state index is 0.103. The predicted molar refractivity (Wildman–Crippen MR) is 111 cm³/mol. The lowest BCUT2D eigenvalue weighted by Gasteiger charge is -2.08. The van der Waals surface area contributed by atoms with Crippen LogP contribution in [0.4, 0.5) is 5.69 Å². The Bertz CT molecular complexity index is 746. The van der Waals surface area contributed by atoms with Gasteiger partial charge < -0.3 is 19.5 Å². The third-order valence-corrected chi connectivity index (χ3v) is 4.54. The first kappa shape index (κ1) is 21.6. The van der Waals surface area contributed by atoms with E-state index in [4.69, 9.17) is 9.47 Å². The summed E-state index contributed by atoms with van der Waals surface area (Å²) in [6, 6.07) is 14.1. The number of amides is 1. The van der Waals surface area contributed by atoms with Crippen molar-refractivity contribution < 1.29 is 23.8 Å². The summed E-state index contributed by atoms with van der Waals surface area (Å²) in [6.45, 7) is 3.28. The summed E-state index contributed by atoms with van der Waals surface area (Å²) in [5.74, 6) is 2.12. The number of rotatable bonds is 11. The van der Waals surface area contributed by atoms with Crippen LogP contribution in [0, 0.1) is 0 Å². The van der Waals surface area contributed by atoms with E-state index in [1.165, 1.54) is 18.9 Å². The van der Waals surface area contributed by atoms with Gasteiger partial charge in [-0.15, -0.1) is 11.8 Å². The van der Waals surface area contributed by atoms with E-state index in [1.807, 2.05) is 24.3 Å². The Kier molecular flexibility index (Phi) is 9.21. The Labute approximate surface area is 169 Å². The molecule has 0 spiro atoms. The van der Waals surface area contributed by atoms with Gasteiger partial charge in [-0.2, -0.15) is 0 Å². The molecule has 0 heterocycles. The molecule has 0 radical (unpaired) electrons. The average molecular weight is 404 g/mol. The number of carbonyl (C=O) groups is 2. The number of hydrogen-bond acceptors (Lipinski definition) is 6. The maximum atomic E-state index is 12.0. The fourth-order valence-corrected chi connectivity index (χ4v) is 2.84. The number of thioether (sulfide) groups is 1. The number of nitrogens with one attached hydrogen (secondary N) is 1. The van der Waals surface area contributed by atoms with Gasteiger partial charge in [0, 0.05) is 11.4 Å². The summed E-state index contributed by atoms with van der Waals surface area (Å²) in [7, 11) is 1.33. The molecule has 0 bridgehead atoms. The smallest absolute Gasteiger partial charge is 0.337 e. The van der Waals surface area contributed by atoms with Gasteiger partial charge in [-0.1, -0.05) is 6.92 Å². The van der Waals surface area contributed by atoms with Crippen LogP contribution >= 0.6 is 11.8 Å². The highest BCUT2D eigenvalue weighted by Gasteiger charge is 2.06. The van der Waals surface area contributed by atoms with Gasteiger partial charge in [-0.25, -0.2) is 4.79 Å². The zero-order chi connectivity index (χ0) is 20.2. The van der Waals surface area contributed by atoms with Crippen molar-refractivity contribution in [3.63, 3.8) is 0 Å². The molecule has 7 heteroatoms. The highest BCUT2D eigenvalue weighted by Crippen LogP contribution is 2.18. The molecule has 28 heavy (non-hydrogen) atoms. The van der Waals surface area contributed by atoms with Gasteiger partial charge in [-0.05, 0) is 55.0 Å². The van der Waals surface area contributed by atoms with Crippen LogP contribution in [0.1, 0.15) is 23.7 Å². The molecule has 6 nitrogen and oxygen atoms in total. The molecule has 1 amide bonds. The van der Waals surface area contributed by atoms with E-state index >= 15 is 0 Å². The normalized spacial score (nSPS) is 10.2. The lowest BCUT2D eigenvalue weighted by Crippen LogP contribution is -2.15. The van der Waals surface area contributed by atoms with Crippen molar-refractivity contribution in [2.45, 2.75) is 13.3 Å². The highest BCUT2D eigenvalue weighted by atomic mass is 32.2. The van der Waals surface area contributed by atoms with Crippen molar-refractivity contribution in [3.05, 3.63) is 54.1 Å². The number of anilines is 1. The first-order chi connectivity index (χ1) is 13.6. The van der Waals surface area contributed by atoms with Crippen molar-refractivity contribution in [2.24, 2.45) is 0 Å². The van der Waals surface area contributed by atoms with Gasteiger partial charge in [0.2, 0.25) is 5.91 Å². The van der Waals surface area contributed by atoms with Crippen LogP contribution in [0.3, 0.4) is 0 Å². The van der Waals surface area contributed by atoms with E-state index in [2.05, 4.69) is 17.0 Å². The Morgan fingerprint density at radius 3 is 2.11 bits per heavy atom. The first-order valence-electron chi connectivity index (χ1n) is 9.04. The standard InChI is InChI=1S/C21H25NO5S/c1-3-12-26-18-8-10-19(11-9-18)27-13-14-28-15-20(23)22-17-6-4-16(5-7-17)21(24)25-2/h4-11H,3,12-15H2,1-2H3,(H,22,23). The molecule has 150 valence electrons. The molecule has 0 saturated heterocycles. The highest BCUT2D eigenvalue weighted by molar-refractivity contribution is 7.99. The minimum Gasteiger partial charge on any atom is -0.494 e. The largest absolute Gasteiger partial charge is 0.494 e. The molecule has 0 aliphatic heterocycles. The summed E-state index contributed by atoms with van der Waals surface area (Å²) < 4.78 is 15.8. The van der Waals surface area contributed by atoms with Crippen LogP contribution in [-0.4, -0.2) is 43.7 Å². The molecule has 2 rings (SSSR count). The molecule has 2 aromatic carbocycles. The molecule has 2 aromatic rings. The van der Waals surface area contributed by atoms with Crippen LogP contribution in [0.5, 0.6) is 11.5 Å². The van der Waals surface area contributed by atoms with E-state index in [0.29, 0.717) is 36.0 Å². The Balaban J connectivity index is 1.62. The number of hydrogen-bond donors (Lipinski definition) is 1. The van der Waals surface area contributed by atoms with E-state index in [1.54, 1.807) is 24.3 Å². The van der Waals surface area contributed by atoms with Gasteiger partial charge in [-0.3, -0.25) is 4.79 Å². The van der Waals surface area contributed by atoms with Crippen LogP contribution in [0.15, 0.2) is 48.5 Å². The number of ether oxygens (including phenoxy) is 3. The van der Waals surface area contributed by atoms with Crippen LogP contribution in [0.25, 0.3) is 0 Å². The zero-order valence-electron chi connectivity index (χ0n) is 16.1. The van der Waals surface area contributed by atoms with Gasteiger partial charge in [0.15, 0.2) is 0 Å². The fraction of sp³-hybridized carbons (Fsp3) is 0.333. The first-order valence-corrected chi connectivity index (χ1v) is 10.2. The van der Waals surface area contributed by atoms with E-state index in [-0.39, 0.29) is 5.91 Å². The van der Waals surface area contributed by atoms with Crippen molar-refractivity contribution in [1.82, 2.24) is 0 Å². The van der Waals surface area contributed by atoms with Crippen molar-refractivity contribution in [3.8, 4) is 11.5 Å². The molecule has 0 fully saturated rings. The van der Waals surface area contributed by atoms with Crippen LogP contribution < -0.4 is 14.8 Å². The van der Waals surface area contributed by atoms with Gasteiger partial charge in [0.05, 0.1) is 31.6 Å². The number of carbonyl (C=O) groups excluding carboxylic acids is 2. The van der Waals surface area contributed by atoms with Crippen LogP contribution in [0.2, 0.25) is 0 Å². The number of esters is 1. The lowest BCUT2D eigenvalue weighted by atomic mass is 10.2. The van der Waals surface area contributed by atoms with Gasteiger partial charge in [0.25, 0.3) is 0 Å². The Hall–Kier alpha value is -2.67. The number of methoxy groups -OCH3 is 1. The Morgan fingerprint density at radius 1 is 0.929 bits per heavy atom. The summed E-state index contributed by atoms with van der Waals surface area (Å²) >= 11 is 1.49. The molecule has 0 atom stereocenters. The second kappa shape index (κ2) is 11.9. The molecule has 0 saturated carbocycles. The van der Waals surface area contributed by atoms with E-state index in [0.717, 1.165) is 17.9 Å². The lowest BCUT2D eigenvalue weighted by molar-refractivity contribution is -0.113. The van der Waals surface area contributed by atoms with Gasteiger partial charge in [0.1, 0.15) is 11.5 Å². The zero-order valence-corrected chi connectivity index (χ0v) is 16.9. The van der Waals surface area contributed by atoms with Crippen molar-refractivity contribution in [2.75, 3.05) is 37.1 Å². The van der Waals surface area contributed by atoms with E-state index < -0.39 is 5.97 Å². The maximum absolute atomic E-state index is 12.0. The quantitative estimate of drug-likeness (QED) is 0.451. The second-order valence-corrected chi connectivity index (χ2v) is 6.94. The minimum atomic E-state index is -0.406. The molecule has 0 aliphatic rings. The molecule has 1 N–H and O–H groups in total. The van der Waals surface area contributed by atoms with E-state index in [9.17, 15) is 9.59 Å². The fourth-order valence-electron chi connectivity index (χ4n) is 2.24. The molecular weight excluding hydrogens is 378 g/mol. The summed E-state index contributed by atoms with van der Waals surface area (Å²) in [5.41, 5.74) is 1.08. The van der Waals surface area contributed by atoms with Crippen molar-refractivity contribution >= 4 is 29.3 Å². The SMILES string of the molecule is CCCOc1ccc(OCCSCC(=O)Nc2ccc(C(=O)OC)cc2)cc1. The summed E-state index contributed by atoms with van der Waals surface area (Å²) in [6.07, 6.45) is 0.974. The molecule has 0 aliphatic carbocycles. The molecular formula is C21H25NO5S. The topological polar surface area (TPSA) is 73.9 Å². The summed E-state index contributed by atoms with van der Waals surface area (Å²) in [4.78, 5) is 23.3. The Morgan fingerprint density at radius 2 is 1.54 bits per heavy atom. The predicted octanol–water partition coefficient (Wildman–Crippen LogP) is 4.01. The summed E-state index contributed by atoms with van der Waals surface area (Å²) in [5, 5.41) is 2.79. The van der Waals surface area contributed by atoms with Gasteiger partial charge >= 0.3 is 5.97 Å². The maximum Gasteiger partial charge on any atom is 0.337 e. The average Bonchev–Trinajstić information content (AvgIpc) is 2.73. The van der Waals surface area contributed by atoms with Crippen LogP contribution in [-0.2, 0) is 9.53 Å². The molecule has 0 aromatic heterocycles. The van der Waals surface area contributed by atoms with Crippen molar-refractivity contribution in [1.29, 1.82) is 0 Å². The monoisotopic (exact) mass is 403 g/mol. The second-order valence-electron chi connectivity index (χ2n) is 5.84. The molecule has 0 unspecified atom stereocenters.